The lowest BCUT2D eigenvalue weighted by Crippen LogP contribution is -2.12. The standard InChI is InChI=1S/C13H10ClF3N2O2/c1-7-2-4-8(5-3-7)6-19-11(14)9(12(20)21)10(18-19)13(15,16)17/h2-5H,6H2,1H3,(H,20,21). The molecule has 1 heterocycles. The molecule has 8 heteroatoms. The predicted molar refractivity (Wildman–Crippen MR) is 69.5 cm³/mol. The Morgan fingerprint density at radius 2 is 1.90 bits per heavy atom. The lowest BCUT2D eigenvalue weighted by Gasteiger charge is -2.04. The van der Waals surface area contributed by atoms with E-state index in [1.807, 2.05) is 6.92 Å². The van der Waals surface area contributed by atoms with E-state index in [2.05, 4.69) is 5.10 Å². The van der Waals surface area contributed by atoms with Gasteiger partial charge in [0.05, 0.1) is 6.54 Å². The number of halogens is 4. The third-order valence-corrected chi connectivity index (χ3v) is 3.21. The molecule has 0 saturated heterocycles. The van der Waals surface area contributed by atoms with Gasteiger partial charge in [0.15, 0.2) is 5.69 Å². The van der Waals surface area contributed by atoms with E-state index < -0.39 is 28.6 Å². The van der Waals surface area contributed by atoms with Gasteiger partial charge in [0.1, 0.15) is 10.7 Å². The molecular formula is C13H10ClF3N2O2. The molecule has 0 bridgehead atoms. The van der Waals surface area contributed by atoms with Crippen molar-refractivity contribution in [2.24, 2.45) is 0 Å². The predicted octanol–water partition coefficient (Wildman–Crippen LogP) is 3.61. The second-order valence-corrected chi connectivity index (χ2v) is 4.82. The summed E-state index contributed by atoms with van der Waals surface area (Å²) in [6.07, 6.45) is -4.88. The number of aryl methyl sites for hydroxylation is 1. The normalized spacial score (nSPS) is 11.7. The van der Waals surface area contributed by atoms with E-state index in [-0.39, 0.29) is 6.54 Å². The van der Waals surface area contributed by atoms with E-state index in [9.17, 15) is 18.0 Å². The second kappa shape index (κ2) is 5.40. The quantitative estimate of drug-likeness (QED) is 0.940. The molecule has 0 aliphatic heterocycles. The van der Waals surface area contributed by atoms with Gasteiger partial charge in [-0.25, -0.2) is 9.48 Å². The molecule has 0 fully saturated rings. The highest BCUT2D eigenvalue weighted by molar-refractivity contribution is 6.32. The fourth-order valence-corrected chi connectivity index (χ4v) is 2.07. The molecule has 0 aliphatic rings. The molecular weight excluding hydrogens is 309 g/mol. The van der Waals surface area contributed by atoms with Gasteiger partial charge in [0.2, 0.25) is 0 Å². The third-order valence-electron chi connectivity index (χ3n) is 2.83. The average molecular weight is 319 g/mol. The zero-order valence-electron chi connectivity index (χ0n) is 10.8. The SMILES string of the molecule is Cc1ccc(Cn2nc(C(F)(F)F)c(C(=O)O)c2Cl)cc1. The van der Waals surface area contributed by atoms with E-state index in [0.29, 0.717) is 5.56 Å². The molecule has 0 atom stereocenters. The molecule has 0 amide bonds. The fourth-order valence-electron chi connectivity index (χ4n) is 1.80. The molecule has 1 N–H and O–H groups in total. The summed E-state index contributed by atoms with van der Waals surface area (Å²) in [5, 5.41) is 11.6. The van der Waals surface area contributed by atoms with Crippen LogP contribution in [0.25, 0.3) is 0 Å². The Morgan fingerprint density at radius 1 is 1.33 bits per heavy atom. The van der Waals surface area contributed by atoms with Crippen LogP contribution in [0, 0.1) is 6.92 Å². The van der Waals surface area contributed by atoms with Crippen molar-refractivity contribution in [2.45, 2.75) is 19.6 Å². The van der Waals surface area contributed by atoms with Crippen molar-refractivity contribution in [3.63, 3.8) is 0 Å². The summed E-state index contributed by atoms with van der Waals surface area (Å²) >= 11 is 5.73. The lowest BCUT2D eigenvalue weighted by molar-refractivity contribution is -0.142. The van der Waals surface area contributed by atoms with Crippen molar-refractivity contribution < 1.29 is 23.1 Å². The first-order chi connectivity index (χ1) is 9.70. The number of carboxylic acid groups (broad SMARTS) is 1. The Balaban J connectivity index is 2.45. The van der Waals surface area contributed by atoms with Crippen LogP contribution in [-0.4, -0.2) is 20.9 Å². The van der Waals surface area contributed by atoms with Gasteiger partial charge < -0.3 is 5.11 Å². The van der Waals surface area contributed by atoms with Crippen molar-refractivity contribution in [3.8, 4) is 0 Å². The first-order valence-electron chi connectivity index (χ1n) is 5.82. The number of alkyl halides is 3. The summed E-state index contributed by atoms with van der Waals surface area (Å²) < 4.78 is 39.2. The number of carboxylic acids is 1. The van der Waals surface area contributed by atoms with Crippen LogP contribution in [0.15, 0.2) is 24.3 Å². The van der Waals surface area contributed by atoms with Gasteiger partial charge in [0.25, 0.3) is 0 Å². The number of aromatic carboxylic acids is 1. The molecule has 4 nitrogen and oxygen atoms in total. The van der Waals surface area contributed by atoms with Gasteiger partial charge in [-0.1, -0.05) is 41.4 Å². The van der Waals surface area contributed by atoms with Gasteiger partial charge in [-0.2, -0.15) is 18.3 Å². The first kappa shape index (κ1) is 15.4. The molecule has 0 aliphatic carbocycles. The highest BCUT2D eigenvalue weighted by Crippen LogP contribution is 2.34. The number of aromatic nitrogens is 2. The average Bonchev–Trinajstić information content (AvgIpc) is 2.70. The highest BCUT2D eigenvalue weighted by atomic mass is 35.5. The van der Waals surface area contributed by atoms with Crippen molar-refractivity contribution >= 4 is 17.6 Å². The fraction of sp³-hybridized carbons (Fsp3) is 0.231. The molecule has 0 unspecified atom stereocenters. The maximum absolute atomic E-state index is 12.8. The minimum Gasteiger partial charge on any atom is -0.478 e. The van der Waals surface area contributed by atoms with E-state index in [1.54, 1.807) is 24.3 Å². The topological polar surface area (TPSA) is 55.1 Å². The van der Waals surface area contributed by atoms with Gasteiger partial charge in [0, 0.05) is 0 Å². The first-order valence-corrected chi connectivity index (χ1v) is 6.20. The Bertz CT molecular complexity index is 678. The number of hydrogen-bond donors (Lipinski definition) is 1. The molecule has 2 aromatic rings. The molecule has 1 aromatic carbocycles. The summed E-state index contributed by atoms with van der Waals surface area (Å²) in [6, 6.07) is 6.99. The Hall–Kier alpha value is -2.02. The number of nitrogens with zero attached hydrogens (tertiary/aromatic N) is 2. The van der Waals surface area contributed by atoms with E-state index >= 15 is 0 Å². The molecule has 0 radical (unpaired) electrons. The lowest BCUT2D eigenvalue weighted by atomic mass is 10.1. The highest BCUT2D eigenvalue weighted by Gasteiger charge is 2.41. The zero-order valence-corrected chi connectivity index (χ0v) is 11.5. The van der Waals surface area contributed by atoms with Crippen LogP contribution >= 0.6 is 11.6 Å². The Kier molecular flexibility index (Phi) is 3.95. The zero-order chi connectivity index (χ0) is 15.8. The molecule has 0 spiro atoms. The smallest absolute Gasteiger partial charge is 0.436 e. The Labute approximate surface area is 122 Å². The van der Waals surface area contributed by atoms with Crippen molar-refractivity contribution in [1.29, 1.82) is 0 Å². The minimum atomic E-state index is -4.88. The van der Waals surface area contributed by atoms with Crippen LogP contribution in [0.5, 0.6) is 0 Å². The van der Waals surface area contributed by atoms with Crippen LogP contribution in [0.3, 0.4) is 0 Å². The molecule has 21 heavy (non-hydrogen) atoms. The van der Waals surface area contributed by atoms with Crippen LogP contribution in [0.4, 0.5) is 13.2 Å². The monoisotopic (exact) mass is 318 g/mol. The summed E-state index contributed by atoms with van der Waals surface area (Å²) in [7, 11) is 0. The minimum absolute atomic E-state index is 0.0462. The number of rotatable bonds is 3. The summed E-state index contributed by atoms with van der Waals surface area (Å²) in [5.74, 6) is -1.76. The van der Waals surface area contributed by atoms with Gasteiger partial charge in [-0.05, 0) is 12.5 Å². The molecule has 0 saturated carbocycles. The third kappa shape index (κ3) is 3.18. The van der Waals surface area contributed by atoms with Crippen molar-refractivity contribution in [3.05, 3.63) is 51.8 Å². The second-order valence-electron chi connectivity index (χ2n) is 4.46. The number of benzene rings is 1. The van der Waals surface area contributed by atoms with Gasteiger partial charge in [-0.15, -0.1) is 0 Å². The van der Waals surface area contributed by atoms with Crippen LogP contribution in [0.1, 0.15) is 27.2 Å². The van der Waals surface area contributed by atoms with E-state index in [0.717, 1.165) is 10.2 Å². The van der Waals surface area contributed by atoms with E-state index in [4.69, 9.17) is 16.7 Å². The number of carbonyl (C=O) groups is 1. The molecule has 1 aromatic heterocycles. The summed E-state index contributed by atoms with van der Waals surface area (Å²) in [6.45, 7) is 1.82. The van der Waals surface area contributed by atoms with Crippen molar-refractivity contribution in [2.75, 3.05) is 0 Å². The largest absolute Gasteiger partial charge is 0.478 e. The van der Waals surface area contributed by atoms with Crippen LogP contribution in [-0.2, 0) is 12.7 Å². The maximum Gasteiger partial charge on any atom is 0.436 e. The number of hydrogen-bond acceptors (Lipinski definition) is 2. The van der Waals surface area contributed by atoms with Gasteiger partial charge in [-0.3, -0.25) is 0 Å². The summed E-state index contributed by atoms with van der Waals surface area (Å²) in [4.78, 5) is 11.0. The van der Waals surface area contributed by atoms with Gasteiger partial charge >= 0.3 is 12.1 Å². The molecule has 112 valence electrons. The Morgan fingerprint density at radius 3 is 2.33 bits per heavy atom. The summed E-state index contributed by atoms with van der Waals surface area (Å²) in [5.41, 5.74) is -0.869. The van der Waals surface area contributed by atoms with Crippen LogP contribution in [0.2, 0.25) is 5.15 Å². The van der Waals surface area contributed by atoms with Crippen molar-refractivity contribution in [1.82, 2.24) is 9.78 Å². The molecule has 2 rings (SSSR count). The van der Waals surface area contributed by atoms with E-state index in [1.165, 1.54) is 0 Å². The maximum atomic E-state index is 12.8. The van der Waals surface area contributed by atoms with Crippen LogP contribution < -0.4 is 0 Å².